The molecule has 4 nitrogen and oxygen atoms in total. The van der Waals surface area contributed by atoms with Crippen LogP contribution in [0.4, 0.5) is 0 Å². The lowest BCUT2D eigenvalue weighted by Gasteiger charge is -1.99. The zero-order chi connectivity index (χ0) is 13.5. The van der Waals surface area contributed by atoms with Gasteiger partial charge in [-0.2, -0.15) is 0 Å². The standard InChI is InChI=1S/C8H8O4/c9-6-2-1-5(3-7(6)10)4-8(11)12/h1-3,9-10H,4H2,(H,11,12)/i1D,2D,3D,4D2. The van der Waals surface area contributed by atoms with Crippen molar-refractivity contribution in [2.24, 2.45) is 0 Å². The van der Waals surface area contributed by atoms with Gasteiger partial charge < -0.3 is 15.3 Å². The molecule has 0 radical (unpaired) electrons. The Kier molecular flexibility index (Phi) is 0.990. The van der Waals surface area contributed by atoms with Crippen LogP contribution in [0.2, 0.25) is 0 Å². The number of carboxylic acid groups (broad SMARTS) is 1. The first-order chi connectivity index (χ1) is 7.62. The molecule has 1 aromatic rings. The third kappa shape index (κ3) is 1.88. The summed E-state index contributed by atoms with van der Waals surface area (Å²) in [5.41, 5.74) is -0.967. The maximum atomic E-state index is 10.7. The summed E-state index contributed by atoms with van der Waals surface area (Å²) in [6, 6.07) is -2.90. The van der Waals surface area contributed by atoms with Crippen LogP contribution in [0.25, 0.3) is 0 Å². The van der Waals surface area contributed by atoms with E-state index in [2.05, 4.69) is 0 Å². The number of carbonyl (C=O) groups is 1. The van der Waals surface area contributed by atoms with Gasteiger partial charge in [0.2, 0.25) is 0 Å². The number of phenols is 2. The first-order valence-corrected chi connectivity index (χ1v) is 2.87. The fraction of sp³-hybridized carbons (Fsp3) is 0.125. The number of carboxylic acids is 1. The molecule has 0 aliphatic rings. The first-order valence-electron chi connectivity index (χ1n) is 5.37. The van der Waals surface area contributed by atoms with Gasteiger partial charge in [-0.05, 0) is 17.6 Å². The van der Waals surface area contributed by atoms with E-state index in [1.165, 1.54) is 0 Å². The molecule has 4 heteroatoms. The number of phenolic OH excluding ortho intramolecular Hbond substituents is 2. The maximum absolute atomic E-state index is 10.7. The molecule has 0 amide bonds. The molecular weight excluding hydrogens is 160 g/mol. The lowest BCUT2D eigenvalue weighted by atomic mass is 10.1. The van der Waals surface area contributed by atoms with Gasteiger partial charge in [0.25, 0.3) is 0 Å². The second kappa shape index (κ2) is 3.13. The molecule has 0 fully saturated rings. The van der Waals surface area contributed by atoms with E-state index in [1.807, 2.05) is 0 Å². The number of hydrogen-bond acceptors (Lipinski definition) is 3. The van der Waals surface area contributed by atoms with Crippen molar-refractivity contribution in [1.82, 2.24) is 0 Å². The average Bonchev–Trinajstić information content (AvgIpc) is 2.23. The molecule has 12 heavy (non-hydrogen) atoms. The van der Waals surface area contributed by atoms with Gasteiger partial charge >= 0.3 is 5.97 Å². The molecule has 0 aromatic heterocycles. The second-order valence-corrected chi connectivity index (χ2v) is 1.88. The number of benzene rings is 1. The van der Waals surface area contributed by atoms with E-state index in [0.717, 1.165) is 0 Å². The molecule has 0 heterocycles. The van der Waals surface area contributed by atoms with Crippen molar-refractivity contribution in [2.45, 2.75) is 6.37 Å². The summed E-state index contributed by atoms with van der Waals surface area (Å²) in [6.45, 7) is 0. The number of aliphatic carboxylic acids is 1. The highest BCUT2D eigenvalue weighted by Gasteiger charge is 2.03. The molecule has 64 valence electrons. The summed E-state index contributed by atoms with van der Waals surface area (Å²) in [4.78, 5) is 10.7. The second-order valence-electron chi connectivity index (χ2n) is 1.88. The van der Waals surface area contributed by atoms with Crippen LogP contribution in [0.5, 0.6) is 11.5 Å². The largest absolute Gasteiger partial charge is 0.504 e. The van der Waals surface area contributed by atoms with Gasteiger partial charge in [-0.1, -0.05) is 6.04 Å². The molecule has 1 aromatic carbocycles. The van der Waals surface area contributed by atoms with Gasteiger partial charge in [0.15, 0.2) is 11.5 Å². The number of hydrogen-bond donors (Lipinski definition) is 3. The van der Waals surface area contributed by atoms with Crippen molar-refractivity contribution in [2.75, 3.05) is 0 Å². The Hall–Kier alpha value is -1.71. The third-order valence-electron chi connectivity index (χ3n) is 1.01. The topological polar surface area (TPSA) is 77.8 Å². The molecule has 0 saturated heterocycles. The average molecular weight is 173 g/mol. The van der Waals surface area contributed by atoms with Crippen LogP contribution in [0.1, 0.15) is 12.4 Å². The highest BCUT2D eigenvalue weighted by molar-refractivity contribution is 5.70. The Bertz CT molecular complexity index is 470. The Morgan fingerprint density at radius 3 is 2.75 bits per heavy atom. The van der Waals surface area contributed by atoms with E-state index in [4.69, 9.17) is 17.1 Å². The van der Waals surface area contributed by atoms with E-state index >= 15 is 0 Å². The van der Waals surface area contributed by atoms with Crippen LogP contribution in [-0.2, 0) is 11.2 Å². The minimum absolute atomic E-state index is 0.932. The Balaban J connectivity index is 3.72. The predicted molar refractivity (Wildman–Crippen MR) is 41.1 cm³/mol. The van der Waals surface area contributed by atoms with Gasteiger partial charge in [-0.15, -0.1) is 0 Å². The highest BCUT2D eigenvalue weighted by Crippen LogP contribution is 2.24. The molecule has 0 spiro atoms. The van der Waals surface area contributed by atoms with Crippen LogP contribution in [-0.4, -0.2) is 21.3 Å². The fourth-order valence-electron chi connectivity index (χ4n) is 0.559. The molecule has 3 N–H and O–H groups in total. The molecule has 0 aliphatic carbocycles. The van der Waals surface area contributed by atoms with E-state index in [0.29, 0.717) is 0 Å². The molecule has 0 saturated carbocycles. The maximum Gasteiger partial charge on any atom is 0.307 e. The quantitative estimate of drug-likeness (QED) is 0.576. The van der Waals surface area contributed by atoms with Crippen LogP contribution >= 0.6 is 0 Å². The van der Waals surface area contributed by atoms with Crippen molar-refractivity contribution in [3.05, 3.63) is 23.7 Å². The molecular formula is C8H8O4. The van der Waals surface area contributed by atoms with Gasteiger partial charge in [0, 0.05) is 2.74 Å². The van der Waals surface area contributed by atoms with Crippen LogP contribution in [0.15, 0.2) is 18.1 Å². The van der Waals surface area contributed by atoms with Crippen LogP contribution < -0.4 is 0 Å². The van der Waals surface area contributed by atoms with Crippen LogP contribution in [0, 0.1) is 0 Å². The minimum atomic E-state index is -3.10. The van der Waals surface area contributed by atoms with Crippen molar-refractivity contribution in [3.63, 3.8) is 0 Å². The van der Waals surface area contributed by atoms with Gasteiger partial charge in [0.1, 0.15) is 0 Å². The SMILES string of the molecule is [2H]c1c([2H])c(C([2H])([2H])C(=O)O)c([2H])c(O)c1O. The lowest BCUT2D eigenvalue weighted by Crippen LogP contribution is -1.99. The lowest BCUT2D eigenvalue weighted by molar-refractivity contribution is -0.136. The predicted octanol–water partition coefficient (Wildman–Crippen LogP) is 0.725. The summed E-state index contributed by atoms with van der Waals surface area (Å²) in [5, 5.41) is 27.0. The summed E-state index contributed by atoms with van der Waals surface area (Å²) < 4.78 is 36.3. The molecule has 1 rings (SSSR count). The summed E-state index contributed by atoms with van der Waals surface area (Å²) in [7, 11) is 0. The minimum Gasteiger partial charge on any atom is -0.504 e. The first kappa shape index (κ1) is 3.80. The Morgan fingerprint density at radius 2 is 2.17 bits per heavy atom. The van der Waals surface area contributed by atoms with E-state index < -0.39 is 47.5 Å². The highest BCUT2D eigenvalue weighted by atomic mass is 16.4. The summed E-state index contributed by atoms with van der Waals surface area (Å²) in [6.07, 6.45) is -3.10. The van der Waals surface area contributed by atoms with E-state index in [1.54, 1.807) is 0 Å². The molecule has 0 atom stereocenters. The monoisotopic (exact) mass is 173 g/mol. The fourth-order valence-corrected chi connectivity index (χ4v) is 0.559. The van der Waals surface area contributed by atoms with E-state index in [9.17, 15) is 9.90 Å². The molecule has 0 unspecified atom stereocenters. The molecule has 0 bridgehead atoms. The van der Waals surface area contributed by atoms with Crippen molar-refractivity contribution < 1.29 is 27.0 Å². The number of aromatic hydroxyl groups is 2. The molecule has 0 aliphatic heterocycles. The number of rotatable bonds is 2. The van der Waals surface area contributed by atoms with Crippen molar-refractivity contribution in [3.8, 4) is 11.5 Å². The zero-order valence-corrected chi connectivity index (χ0v) is 5.75. The van der Waals surface area contributed by atoms with Gasteiger partial charge in [-0.25, -0.2) is 0 Å². The Labute approximate surface area is 75.7 Å². The summed E-state index contributed by atoms with van der Waals surface area (Å²) in [5.74, 6) is -4.12. The normalized spacial score (nSPS) is 16.8. The van der Waals surface area contributed by atoms with Crippen molar-refractivity contribution in [1.29, 1.82) is 0 Å². The van der Waals surface area contributed by atoms with E-state index in [-0.39, 0.29) is 0 Å². The van der Waals surface area contributed by atoms with Gasteiger partial charge in [-0.3, -0.25) is 4.79 Å². The van der Waals surface area contributed by atoms with Crippen molar-refractivity contribution >= 4 is 5.97 Å². The zero-order valence-electron chi connectivity index (χ0n) is 10.7. The summed E-state index contributed by atoms with van der Waals surface area (Å²) >= 11 is 0. The van der Waals surface area contributed by atoms with Crippen LogP contribution in [0.3, 0.4) is 0 Å². The van der Waals surface area contributed by atoms with Gasteiger partial charge in [0.05, 0.1) is 10.5 Å². The Morgan fingerprint density at radius 1 is 1.50 bits per heavy atom. The smallest absolute Gasteiger partial charge is 0.307 e. The third-order valence-corrected chi connectivity index (χ3v) is 1.01.